The Balaban J connectivity index is 3.30. The molecule has 210 valence electrons. The number of carbonyl (C=O) groups excluding carboxylic acids is 3. The Morgan fingerprint density at radius 3 is 2.24 bits per heavy atom. The normalized spacial score (nSPS) is 12.9. The van der Waals surface area contributed by atoms with Crippen LogP contribution in [0.2, 0.25) is 0 Å². The lowest BCUT2D eigenvalue weighted by molar-refractivity contribution is -0.143. The first-order valence-electron chi connectivity index (χ1n) is 13.5. The third-order valence-corrected chi connectivity index (χ3v) is 5.78. The summed E-state index contributed by atoms with van der Waals surface area (Å²) < 4.78 is 5.27. The summed E-state index contributed by atoms with van der Waals surface area (Å²) in [5.41, 5.74) is -0.335. The van der Waals surface area contributed by atoms with Crippen LogP contribution >= 0.6 is 0 Å². The van der Waals surface area contributed by atoms with E-state index in [0.29, 0.717) is 18.5 Å². The van der Waals surface area contributed by atoms with Crippen molar-refractivity contribution in [1.29, 1.82) is 0 Å². The molecule has 37 heavy (non-hydrogen) atoms. The summed E-state index contributed by atoms with van der Waals surface area (Å²) in [5.74, 6) is -0.999. The molecule has 1 aromatic rings. The first kappa shape index (κ1) is 32.2. The van der Waals surface area contributed by atoms with Crippen LogP contribution in [0, 0.1) is 0 Å². The van der Waals surface area contributed by atoms with Gasteiger partial charge in [-0.2, -0.15) is 0 Å². The minimum Gasteiger partial charge on any atom is -0.508 e. The molecule has 4 N–H and O–H groups in total. The fourth-order valence-electron chi connectivity index (χ4n) is 3.94. The Hall–Kier alpha value is -2.81. The Kier molecular flexibility index (Phi) is 14.7. The van der Waals surface area contributed by atoms with Crippen molar-refractivity contribution in [3.63, 3.8) is 0 Å². The second-order valence-electron chi connectivity index (χ2n) is 10.3. The Bertz CT molecular complexity index is 839. The maximum atomic E-state index is 13.7. The molecule has 0 heterocycles. The lowest BCUT2D eigenvalue weighted by Crippen LogP contribution is -2.54. The standard InChI is InChI=1S/C28H47N3O6/c1-6-8-10-11-13-18-31(26(35)23(20-32)30-27(36)37-28(3,4)5)24(21-15-14-16-22(33)19-21)25(34)29-17-12-9-7-2/h14-16,19,23-24,32-33H,6-13,17-18,20H2,1-5H3,(H,29,34)(H,30,36). The Labute approximate surface area is 222 Å². The fraction of sp³-hybridized carbons (Fsp3) is 0.679. The Morgan fingerprint density at radius 2 is 1.65 bits per heavy atom. The van der Waals surface area contributed by atoms with Crippen molar-refractivity contribution >= 4 is 17.9 Å². The summed E-state index contributed by atoms with van der Waals surface area (Å²) in [5, 5.41) is 25.5. The zero-order valence-electron chi connectivity index (χ0n) is 23.2. The number of hydrogen-bond acceptors (Lipinski definition) is 6. The summed E-state index contributed by atoms with van der Waals surface area (Å²) in [6.45, 7) is 9.34. The van der Waals surface area contributed by atoms with Gasteiger partial charge in [-0.15, -0.1) is 0 Å². The van der Waals surface area contributed by atoms with Crippen LogP contribution in [0.4, 0.5) is 4.79 Å². The van der Waals surface area contributed by atoms with Crippen LogP contribution in [0.1, 0.15) is 97.6 Å². The van der Waals surface area contributed by atoms with Crippen molar-refractivity contribution in [1.82, 2.24) is 15.5 Å². The number of hydrogen-bond donors (Lipinski definition) is 4. The number of aromatic hydroxyl groups is 1. The van der Waals surface area contributed by atoms with Gasteiger partial charge < -0.3 is 30.5 Å². The smallest absolute Gasteiger partial charge is 0.408 e. The molecule has 0 saturated carbocycles. The molecule has 0 spiro atoms. The van der Waals surface area contributed by atoms with E-state index in [4.69, 9.17) is 4.74 Å². The van der Waals surface area contributed by atoms with E-state index in [1.165, 1.54) is 17.0 Å². The molecule has 3 amide bonds. The van der Waals surface area contributed by atoms with Gasteiger partial charge >= 0.3 is 6.09 Å². The number of aliphatic hydroxyl groups excluding tert-OH is 1. The van der Waals surface area contributed by atoms with Crippen molar-refractivity contribution in [2.45, 2.75) is 104 Å². The highest BCUT2D eigenvalue weighted by atomic mass is 16.6. The highest BCUT2D eigenvalue weighted by molar-refractivity contribution is 5.92. The van der Waals surface area contributed by atoms with Gasteiger partial charge in [0, 0.05) is 13.1 Å². The highest BCUT2D eigenvalue weighted by Gasteiger charge is 2.36. The lowest BCUT2D eigenvalue weighted by atomic mass is 10.0. The number of nitrogens with one attached hydrogen (secondary N) is 2. The number of benzene rings is 1. The van der Waals surface area contributed by atoms with Crippen molar-refractivity contribution < 1.29 is 29.3 Å². The van der Waals surface area contributed by atoms with Gasteiger partial charge in [0.15, 0.2) is 0 Å². The lowest BCUT2D eigenvalue weighted by Gasteiger charge is -2.34. The van der Waals surface area contributed by atoms with Gasteiger partial charge in [-0.05, 0) is 51.3 Å². The molecule has 0 aliphatic carbocycles. The number of phenolic OH excluding ortho intramolecular Hbond substituents is 1. The van der Waals surface area contributed by atoms with E-state index in [0.717, 1.165) is 44.9 Å². The van der Waals surface area contributed by atoms with Gasteiger partial charge in [0.05, 0.1) is 6.61 Å². The van der Waals surface area contributed by atoms with E-state index >= 15 is 0 Å². The molecule has 0 aliphatic heterocycles. The number of amides is 3. The fourth-order valence-corrected chi connectivity index (χ4v) is 3.94. The number of alkyl carbamates (subject to hydrolysis) is 1. The first-order valence-corrected chi connectivity index (χ1v) is 13.5. The van der Waals surface area contributed by atoms with E-state index in [2.05, 4.69) is 24.5 Å². The van der Waals surface area contributed by atoms with Crippen LogP contribution in [0.3, 0.4) is 0 Å². The molecule has 1 aromatic carbocycles. The maximum absolute atomic E-state index is 13.7. The number of nitrogens with zero attached hydrogens (tertiary/aromatic N) is 1. The zero-order chi connectivity index (χ0) is 27.8. The molecule has 0 aliphatic rings. The van der Waals surface area contributed by atoms with E-state index in [1.807, 2.05) is 0 Å². The molecule has 0 saturated heterocycles. The maximum Gasteiger partial charge on any atom is 0.408 e. The molecule has 0 aromatic heterocycles. The highest BCUT2D eigenvalue weighted by Crippen LogP contribution is 2.26. The minimum atomic E-state index is -1.29. The van der Waals surface area contributed by atoms with E-state index in [9.17, 15) is 24.6 Å². The molecule has 0 bridgehead atoms. The molecule has 9 heteroatoms. The summed E-state index contributed by atoms with van der Waals surface area (Å²) >= 11 is 0. The first-order chi connectivity index (χ1) is 17.5. The van der Waals surface area contributed by atoms with Crippen molar-refractivity contribution in [3.05, 3.63) is 29.8 Å². The second-order valence-corrected chi connectivity index (χ2v) is 10.3. The molecular weight excluding hydrogens is 474 g/mol. The quantitative estimate of drug-likeness (QED) is 0.238. The van der Waals surface area contributed by atoms with Crippen LogP contribution in [-0.4, -0.2) is 64.4 Å². The summed E-state index contributed by atoms with van der Waals surface area (Å²) in [6, 6.07) is 3.93. The molecular formula is C28H47N3O6. The van der Waals surface area contributed by atoms with E-state index in [1.54, 1.807) is 32.9 Å². The van der Waals surface area contributed by atoms with Gasteiger partial charge in [0.2, 0.25) is 11.8 Å². The molecule has 0 radical (unpaired) electrons. The van der Waals surface area contributed by atoms with Crippen molar-refractivity contribution in [2.24, 2.45) is 0 Å². The largest absolute Gasteiger partial charge is 0.508 e. The molecule has 0 fully saturated rings. The van der Waals surface area contributed by atoms with Crippen LogP contribution in [0.5, 0.6) is 5.75 Å². The van der Waals surface area contributed by atoms with Gasteiger partial charge in [-0.1, -0.05) is 64.5 Å². The predicted molar refractivity (Wildman–Crippen MR) is 144 cm³/mol. The van der Waals surface area contributed by atoms with E-state index < -0.39 is 36.3 Å². The average Bonchev–Trinajstić information content (AvgIpc) is 2.82. The van der Waals surface area contributed by atoms with Crippen LogP contribution in [0.25, 0.3) is 0 Å². The van der Waals surface area contributed by atoms with Crippen molar-refractivity contribution in [3.8, 4) is 5.75 Å². The van der Waals surface area contributed by atoms with Gasteiger partial charge in [-0.3, -0.25) is 9.59 Å². The van der Waals surface area contributed by atoms with Crippen LogP contribution in [0.15, 0.2) is 24.3 Å². The number of unbranched alkanes of at least 4 members (excludes halogenated alkanes) is 6. The van der Waals surface area contributed by atoms with Crippen LogP contribution in [-0.2, 0) is 14.3 Å². The topological polar surface area (TPSA) is 128 Å². The number of aliphatic hydroxyl groups is 1. The molecule has 9 nitrogen and oxygen atoms in total. The number of rotatable bonds is 16. The minimum absolute atomic E-state index is 0.0257. The number of phenols is 1. The van der Waals surface area contributed by atoms with Crippen molar-refractivity contribution in [2.75, 3.05) is 19.7 Å². The molecule has 2 unspecified atom stereocenters. The molecule has 1 rings (SSSR count). The Morgan fingerprint density at radius 1 is 1.00 bits per heavy atom. The van der Waals surface area contributed by atoms with Gasteiger partial charge in [-0.25, -0.2) is 4.79 Å². The predicted octanol–water partition coefficient (Wildman–Crippen LogP) is 4.42. The number of ether oxygens (including phenoxy) is 1. The monoisotopic (exact) mass is 521 g/mol. The van der Waals surface area contributed by atoms with Gasteiger partial charge in [0.25, 0.3) is 0 Å². The SMILES string of the molecule is CCCCCCCN(C(=O)C(CO)NC(=O)OC(C)(C)C)C(C(=O)NCCCCC)c1cccc(O)c1. The molecule has 2 atom stereocenters. The average molecular weight is 522 g/mol. The number of carbonyl (C=O) groups is 3. The van der Waals surface area contributed by atoms with E-state index in [-0.39, 0.29) is 18.2 Å². The third-order valence-electron chi connectivity index (χ3n) is 5.78. The summed E-state index contributed by atoms with van der Waals surface area (Å²) in [6.07, 6.45) is 6.59. The summed E-state index contributed by atoms with van der Waals surface area (Å²) in [7, 11) is 0. The summed E-state index contributed by atoms with van der Waals surface area (Å²) in [4.78, 5) is 41.0. The second kappa shape index (κ2) is 16.8. The van der Waals surface area contributed by atoms with Crippen LogP contribution < -0.4 is 10.6 Å². The zero-order valence-corrected chi connectivity index (χ0v) is 23.2. The van der Waals surface area contributed by atoms with Gasteiger partial charge in [0.1, 0.15) is 23.4 Å². The third kappa shape index (κ3) is 12.3.